The van der Waals surface area contributed by atoms with Gasteiger partial charge >= 0.3 is 0 Å². The van der Waals surface area contributed by atoms with Crippen molar-refractivity contribution in [3.63, 3.8) is 0 Å². The van der Waals surface area contributed by atoms with Crippen LogP contribution in [-0.4, -0.2) is 92.7 Å². The van der Waals surface area contributed by atoms with Crippen molar-refractivity contribution in [2.45, 2.75) is 34.9 Å². The Balaban J connectivity index is 1.70. The molecule has 0 bridgehead atoms. The molecule has 0 spiro atoms. The lowest BCUT2D eigenvalue weighted by Crippen LogP contribution is -2.47. The Morgan fingerprint density at radius 2 is 1.73 bits per heavy atom. The minimum absolute atomic E-state index is 0.182. The van der Waals surface area contributed by atoms with Gasteiger partial charge in [0.25, 0.3) is 0 Å². The zero-order chi connectivity index (χ0) is 21.6. The van der Waals surface area contributed by atoms with Gasteiger partial charge in [-0.2, -0.15) is 0 Å². The molecule has 0 N–H and O–H groups in total. The third-order valence-electron chi connectivity index (χ3n) is 5.54. The minimum Gasteiger partial charge on any atom is -0.379 e. The molecule has 3 rings (SSSR count). The zero-order valence-corrected chi connectivity index (χ0v) is 19.8. The van der Waals surface area contributed by atoms with E-state index in [0.717, 1.165) is 39.3 Å². The van der Waals surface area contributed by atoms with Crippen molar-refractivity contribution in [3.05, 3.63) is 23.2 Å². The first kappa shape index (κ1) is 24.1. The monoisotopic (exact) mass is 478 g/mol. The molecule has 7 nitrogen and oxygen atoms in total. The summed E-state index contributed by atoms with van der Waals surface area (Å²) in [5, 5.41) is -0.275. The van der Waals surface area contributed by atoms with Crippen LogP contribution in [0.2, 0.25) is 5.02 Å². The maximum atomic E-state index is 13.3. The van der Waals surface area contributed by atoms with Gasteiger partial charge < -0.3 is 9.47 Å². The summed E-state index contributed by atoms with van der Waals surface area (Å²) >= 11 is 6.29. The van der Waals surface area contributed by atoms with Gasteiger partial charge in [-0.05, 0) is 37.6 Å². The molecule has 30 heavy (non-hydrogen) atoms. The molecule has 170 valence electrons. The van der Waals surface area contributed by atoms with Crippen LogP contribution in [0.15, 0.2) is 28.0 Å². The van der Waals surface area contributed by atoms with Crippen LogP contribution in [0, 0.1) is 0 Å². The lowest BCUT2D eigenvalue weighted by atomic mass is 10.3. The van der Waals surface area contributed by atoms with Crippen LogP contribution in [0.5, 0.6) is 0 Å². The molecule has 0 saturated carbocycles. The van der Waals surface area contributed by atoms with Gasteiger partial charge in [0.15, 0.2) is 9.84 Å². The largest absolute Gasteiger partial charge is 0.379 e. The van der Waals surface area contributed by atoms with E-state index in [1.165, 1.54) is 12.1 Å². The topological polar surface area (TPSA) is 76.2 Å². The smallest absolute Gasteiger partial charge is 0.194 e. The van der Waals surface area contributed by atoms with Crippen molar-refractivity contribution < 1.29 is 22.1 Å². The highest BCUT2D eigenvalue weighted by molar-refractivity contribution is 7.92. The SMILES string of the molecule is CCC(N1CCOCC1)S(=O)(=O)c1ccc(Cl)c(S(=O)CCCN2CCOCC2)c1. The highest BCUT2D eigenvalue weighted by Gasteiger charge is 2.33. The first-order chi connectivity index (χ1) is 14.4. The van der Waals surface area contributed by atoms with E-state index in [-0.39, 0.29) is 4.90 Å². The second kappa shape index (κ2) is 11.4. The molecular formula is C20H31ClN2O5S2. The van der Waals surface area contributed by atoms with Gasteiger partial charge in [0.2, 0.25) is 0 Å². The molecule has 2 atom stereocenters. The number of sulfone groups is 1. The Labute approximate surface area is 187 Å². The highest BCUT2D eigenvalue weighted by Crippen LogP contribution is 2.28. The van der Waals surface area contributed by atoms with Crippen molar-refractivity contribution in [1.82, 2.24) is 9.80 Å². The number of nitrogens with zero attached hydrogens (tertiary/aromatic N) is 2. The molecule has 10 heteroatoms. The molecule has 2 heterocycles. The third kappa shape index (κ3) is 6.03. The number of rotatable bonds is 9. The van der Waals surface area contributed by atoms with E-state index in [4.69, 9.17) is 21.1 Å². The molecule has 1 aromatic carbocycles. The normalized spacial score (nSPS) is 21.4. The summed E-state index contributed by atoms with van der Waals surface area (Å²) in [5.74, 6) is 0.446. The van der Waals surface area contributed by atoms with E-state index >= 15 is 0 Å². The van der Waals surface area contributed by atoms with Gasteiger partial charge in [0.05, 0.1) is 52.0 Å². The number of hydrogen-bond acceptors (Lipinski definition) is 7. The van der Waals surface area contributed by atoms with Crippen LogP contribution in [0.25, 0.3) is 0 Å². The highest BCUT2D eigenvalue weighted by atomic mass is 35.5. The standard InChI is InChI=1S/C20H31ClN2O5S2/c1-2-20(23-9-13-28-14-10-23)30(25,26)17-4-5-18(21)19(16-17)29(24)15-3-6-22-7-11-27-12-8-22/h4-5,16,20H,2-3,6-15H2,1H3. The van der Waals surface area contributed by atoms with E-state index in [9.17, 15) is 12.6 Å². The van der Waals surface area contributed by atoms with Crippen LogP contribution < -0.4 is 0 Å². The van der Waals surface area contributed by atoms with Gasteiger partial charge in [0, 0.05) is 31.9 Å². The van der Waals surface area contributed by atoms with Gasteiger partial charge in [-0.1, -0.05) is 18.5 Å². The van der Waals surface area contributed by atoms with Crippen molar-refractivity contribution in [3.8, 4) is 0 Å². The van der Waals surface area contributed by atoms with Crippen molar-refractivity contribution in [2.24, 2.45) is 0 Å². The molecule has 0 amide bonds. The van der Waals surface area contributed by atoms with Gasteiger partial charge in [0.1, 0.15) is 5.37 Å². The van der Waals surface area contributed by atoms with Crippen LogP contribution in [0.4, 0.5) is 0 Å². The Bertz CT molecular complexity index is 824. The first-order valence-corrected chi connectivity index (χ1v) is 13.7. The van der Waals surface area contributed by atoms with E-state index in [0.29, 0.717) is 48.4 Å². The molecule has 0 radical (unpaired) electrons. The predicted octanol–water partition coefficient (Wildman–Crippen LogP) is 2.01. The Morgan fingerprint density at radius 3 is 2.37 bits per heavy atom. The fourth-order valence-electron chi connectivity index (χ4n) is 3.89. The fraction of sp³-hybridized carbons (Fsp3) is 0.700. The average molecular weight is 479 g/mol. The molecule has 0 aliphatic carbocycles. The number of benzene rings is 1. The van der Waals surface area contributed by atoms with Crippen molar-refractivity contribution in [2.75, 3.05) is 64.9 Å². The van der Waals surface area contributed by atoms with E-state index in [1.54, 1.807) is 6.07 Å². The zero-order valence-electron chi connectivity index (χ0n) is 17.4. The molecule has 2 aliphatic rings. The minimum atomic E-state index is -3.61. The molecule has 2 aliphatic heterocycles. The lowest BCUT2D eigenvalue weighted by molar-refractivity contribution is 0.0305. The number of morpholine rings is 2. The third-order valence-corrected chi connectivity index (χ3v) is 9.73. The maximum Gasteiger partial charge on any atom is 0.194 e. The molecule has 0 aromatic heterocycles. The van der Waals surface area contributed by atoms with Crippen LogP contribution >= 0.6 is 11.6 Å². The molecule has 1 aromatic rings. The molecular weight excluding hydrogens is 448 g/mol. The Morgan fingerprint density at radius 1 is 1.10 bits per heavy atom. The van der Waals surface area contributed by atoms with Crippen LogP contribution in [0.1, 0.15) is 19.8 Å². The van der Waals surface area contributed by atoms with Gasteiger partial charge in [-0.25, -0.2) is 8.42 Å². The molecule has 2 saturated heterocycles. The summed E-state index contributed by atoms with van der Waals surface area (Å²) in [6.45, 7) is 8.21. The average Bonchev–Trinajstić information content (AvgIpc) is 2.75. The second-order valence-electron chi connectivity index (χ2n) is 7.51. The number of halogens is 1. The Hall–Kier alpha value is -0.550. The van der Waals surface area contributed by atoms with Gasteiger partial charge in [-0.15, -0.1) is 0 Å². The summed E-state index contributed by atoms with van der Waals surface area (Å²) in [5.41, 5.74) is 0. The van der Waals surface area contributed by atoms with E-state index < -0.39 is 26.0 Å². The number of hydrogen-bond donors (Lipinski definition) is 0. The predicted molar refractivity (Wildman–Crippen MR) is 118 cm³/mol. The van der Waals surface area contributed by atoms with E-state index in [1.807, 2.05) is 11.8 Å². The van der Waals surface area contributed by atoms with Crippen molar-refractivity contribution in [1.29, 1.82) is 0 Å². The lowest BCUT2D eigenvalue weighted by Gasteiger charge is -2.33. The maximum absolute atomic E-state index is 13.3. The Kier molecular flexibility index (Phi) is 9.12. The summed E-state index contributed by atoms with van der Waals surface area (Å²) in [7, 11) is -4.96. The first-order valence-electron chi connectivity index (χ1n) is 10.5. The summed E-state index contributed by atoms with van der Waals surface area (Å²) in [6.07, 6.45) is 1.23. The van der Waals surface area contributed by atoms with E-state index in [2.05, 4.69) is 4.90 Å². The fourth-order valence-corrected chi connectivity index (χ4v) is 7.39. The second-order valence-corrected chi connectivity index (χ2v) is 11.6. The number of ether oxygens (including phenoxy) is 2. The van der Waals surface area contributed by atoms with Crippen LogP contribution in [-0.2, 0) is 30.1 Å². The van der Waals surface area contributed by atoms with Crippen molar-refractivity contribution >= 4 is 32.2 Å². The summed E-state index contributed by atoms with van der Waals surface area (Å²) < 4.78 is 50.2. The molecule has 2 unspecified atom stereocenters. The van der Waals surface area contributed by atoms with Gasteiger partial charge in [-0.3, -0.25) is 14.0 Å². The van der Waals surface area contributed by atoms with Crippen LogP contribution in [0.3, 0.4) is 0 Å². The molecule has 2 fully saturated rings. The quantitative estimate of drug-likeness (QED) is 0.537. The summed E-state index contributed by atoms with van der Waals surface area (Å²) in [6, 6.07) is 4.58. The summed E-state index contributed by atoms with van der Waals surface area (Å²) in [4.78, 5) is 4.82.